The Hall–Kier alpha value is -1.05. The van der Waals surface area contributed by atoms with Gasteiger partial charge in [0.15, 0.2) is 0 Å². The Kier molecular flexibility index (Phi) is 12.7. The number of amides is 1. The van der Waals surface area contributed by atoms with E-state index in [4.69, 9.17) is 9.47 Å². The van der Waals surface area contributed by atoms with Crippen LogP contribution >= 0.6 is 24.8 Å². The van der Waals surface area contributed by atoms with Crippen molar-refractivity contribution in [2.24, 2.45) is 0 Å². The molecule has 2 rings (SSSR count). The maximum absolute atomic E-state index is 12.0. The molecule has 8 heteroatoms. The summed E-state index contributed by atoms with van der Waals surface area (Å²) in [7, 11) is 1.65. The molecule has 0 saturated carbocycles. The van der Waals surface area contributed by atoms with Gasteiger partial charge in [0.25, 0.3) is 0 Å². The van der Waals surface area contributed by atoms with E-state index in [1.54, 1.807) is 7.11 Å². The first-order valence-electron chi connectivity index (χ1n) is 7.68. The van der Waals surface area contributed by atoms with E-state index in [0.717, 1.165) is 37.5 Å². The van der Waals surface area contributed by atoms with Crippen LogP contribution in [-0.2, 0) is 16.1 Å². The van der Waals surface area contributed by atoms with Gasteiger partial charge < -0.3 is 20.1 Å². The number of ether oxygens (including phenoxy) is 2. The van der Waals surface area contributed by atoms with Crippen molar-refractivity contribution in [3.63, 3.8) is 0 Å². The zero-order chi connectivity index (χ0) is 15.6. The largest absolute Gasteiger partial charge is 0.491 e. The molecule has 1 aliphatic heterocycles. The summed E-state index contributed by atoms with van der Waals surface area (Å²) in [5.41, 5.74) is 1.03. The molecule has 0 aromatic heterocycles. The number of benzene rings is 1. The second-order valence-electron chi connectivity index (χ2n) is 5.29. The molecule has 1 heterocycles. The molecule has 24 heavy (non-hydrogen) atoms. The lowest BCUT2D eigenvalue weighted by Gasteiger charge is -2.26. The van der Waals surface area contributed by atoms with Gasteiger partial charge in [-0.1, -0.05) is 12.1 Å². The molecule has 2 N–H and O–H groups in total. The molecular weight excluding hydrogens is 353 g/mol. The summed E-state index contributed by atoms with van der Waals surface area (Å²) in [5.74, 6) is 0.860. The second-order valence-corrected chi connectivity index (χ2v) is 5.29. The van der Waals surface area contributed by atoms with Gasteiger partial charge in [-0.2, -0.15) is 0 Å². The molecule has 1 aromatic carbocycles. The maximum Gasteiger partial charge on any atom is 0.234 e. The van der Waals surface area contributed by atoms with E-state index in [9.17, 15) is 4.79 Å². The molecule has 1 saturated heterocycles. The lowest BCUT2D eigenvalue weighted by atomic mass is 10.2. The van der Waals surface area contributed by atoms with Gasteiger partial charge in [0.1, 0.15) is 12.4 Å². The van der Waals surface area contributed by atoms with Crippen LogP contribution in [0.1, 0.15) is 5.56 Å². The summed E-state index contributed by atoms with van der Waals surface area (Å²) in [6, 6.07) is 7.76. The Labute approximate surface area is 156 Å². The Bertz CT molecular complexity index is 472. The number of rotatable bonds is 8. The minimum atomic E-state index is 0. The first-order valence-corrected chi connectivity index (χ1v) is 7.68. The number of carbonyl (C=O) groups excluding carboxylic acids is 1. The van der Waals surface area contributed by atoms with Crippen LogP contribution in [0.3, 0.4) is 0 Å². The van der Waals surface area contributed by atoms with Crippen molar-refractivity contribution >= 4 is 30.7 Å². The minimum Gasteiger partial charge on any atom is -0.491 e. The number of hydrogen-bond donors (Lipinski definition) is 2. The molecule has 1 aliphatic rings. The fourth-order valence-corrected chi connectivity index (χ4v) is 2.32. The molecule has 0 spiro atoms. The number of halogens is 2. The summed E-state index contributed by atoms with van der Waals surface area (Å²) >= 11 is 0. The van der Waals surface area contributed by atoms with Crippen molar-refractivity contribution in [2.75, 3.05) is 53.0 Å². The SMILES string of the molecule is COCCOc1cccc(CNC(=O)CN2CCNCC2)c1.Cl.Cl. The van der Waals surface area contributed by atoms with Crippen molar-refractivity contribution < 1.29 is 14.3 Å². The minimum absolute atomic E-state index is 0. The average Bonchev–Trinajstić information content (AvgIpc) is 2.55. The van der Waals surface area contributed by atoms with E-state index < -0.39 is 0 Å². The van der Waals surface area contributed by atoms with Crippen LogP contribution in [0.4, 0.5) is 0 Å². The highest BCUT2D eigenvalue weighted by Crippen LogP contribution is 2.13. The molecule has 1 fully saturated rings. The first kappa shape index (κ1) is 22.9. The third-order valence-electron chi connectivity index (χ3n) is 3.52. The van der Waals surface area contributed by atoms with Gasteiger partial charge in [-0.05, 0) is 17.7 Å². The normalized spacial score (nSPS) is 14.2. The first-order chi connectivity index (χ1) is 10.8. The number of nitrogens with zero attached hydrogens (tertiary/aromatic N) is 1. The number of methoxy groups -OCH3 is 1. The maximum atomic E-state index is 12.0. The molecule has 0 unspecified atom stereocenters. The summed E-state index contributed by atoms with van der Waals surface area (Å²) in [5, 5.41) is 6.24. The number of carbonyl (C=O) groups is 1. The Morgan fingerprint density at radius 2 is 2.00 bits per heavy atom. The number of nitrogens with one attached hydrogen (secondary N) is 2. The van der Waals surface area contributed by atoms with Crippen LogP contribution in [0.2, 0.25) is 0 Å². The summed E-state index contributed by atoms with van der Waals surface area (Å²) in [4.78, 5) is 14.1. The average molecular weight is 380 g/mol. The van der Waals surface area contributed by atoms with Crippen LogP contribution < -0.4 is 15.4 Å². The van der Waals surface area contributed by atoms with Gasteiger partial charge in [-0.15, -0.1) is 24.8 Å². The molecular formula is C16H27Cl2N3O3. The van der Waals surface area contributed by atoms with E-state index in [1.807, 2.05) is 24.3 Å². The molecule has 0 bridgehead atoms. The van der Waals surface area contributed by atoms with Crippen molar-refractivity contribution in [1.82, 2.24) is 15.5 Å². The molecule has 1 aromatic rings. The zero-order valence-corrected chi connectivity index (χ0v) is 15.6. The van der Waals surface area contributed by atoms with E-state index in [-0.39, 0.29) is 30.7 Å². The molecule has 0 atom stereocenters. The van der Waals surface area contributed by atoms with Gasteiger partial charge >= 0.3 is 0 Å². The molecule has 6 nitrogen and oxygen atoms in total. The Morgan fingerprint density at radius 1 is 1.25 bits per heavy atom. The third kappa shape index (κ3) is 8.70. The Balaban J connectivity index is 0.00000264. The quantitative estimate of drug-likeness (QED) is 0.661. The van der Waals surface area contributed by atoms with Crippen LogP contribution in [-0.4, -0.2) is 63.9 Å². The highest BCUT2D eigenvalue weighted by Gasteiger charge is 2.13. The van der Waals surface area contributed by atoms with Gasteiger partial charge in [-0.3, -0.25) is 9.69 Å². The zero-order valence-electron chi connectivity index (χ0n) is 14.0. The van der Waals surface area contributed by atoms with Crippen LogP contribution in [0.15, 0.2) is 24.3 Å². The molecule has 1 amide bonds. The van der Waals surface area contributed by atoms with Crippen molar-refractivity contribution in [3.05, 3.63) is 29.8 Å². The number of hydrogen-bond acceptors (Lipinski definition) is 5. The molecule has 138 valence electrons. The van der Waals surface area contributed by atoms with Crippen molar-refractivity contribution in [1.29, 1.82) is 0 Å². The van der Waals surface area contributed by atoms with Crippen LogP contribution in [0, 0.1) is 0 Å². The monoisotopic (exact) mass is 379 g/mol. The standard InChI is InChI=1S/C16H25N3O3.2ClH/c1-21-9-10-22-15-4-2-3-14(11-15)12-18-16(20)13-19-7-5-17-6-8-19;;/h2-4,11,17H,5-10,12-13H2,1H3,(H,18,20);2*1H. The fourth-order valence-electron chi connectivity index (χ4n) is 2.32. The van der Waals surface area contributed by atoms with Gasteiger partial charge in [0.2, 0.25) is 5.91 Å². The number of piperazine rings is 1. The van der Waals surface area contributed by atoms with Gasteiger partial charge in [0, 0.05) is 39.8 Å². The Morgan fingerprint density at radius 3 is 2.71 bits per heavy atom. The van der Waals surface area contributed by atoms with Gasteiger partial charge in [-0.25, -0.2) is 0 Å². The van der Waals surface area contributed by atoms with Crippen LogP contribution in [0.5, 0.6) is 5.75 Å². The van der Waals surface area contributed by atoms with Gasteiger partial charge in [0.05, 0.1) is 13.2 Å². The fraction of sp³-hybridized carbons (Fsp3) is 0.562. The van der Waals surface area contributed by atoms with Crippen molar-refractivity contribution in [3.8, 4) is 5.75 Å². The summed E-state index contributed by atoms with van der Waals surface area (Å²) in [6.07, 6.45) is 0. The lowest BCUT2D eigenvalue weighted by molar-refractivity contribution is -0.122. The van der Waals surface area contributed by atoms with Crippen molar-refractivity contribution in [2.45, 2.75) is 6.54 Å². The predicted molar refractivity (Wildman–Crippen MR) is 99.5 cm³/mol. The van der Waals surface area contributed by atoms with E-state index in [1.165, 1.54) is 0 Å². The third-order valence-corrected chi connectivity index (χ3v) is 3.52. The topological polar surface area (TPSA) is 62.8 Å². The predicted octanol–water partition coefficient (Wildman–Crippen LogP) is 1.08. The van der Waals surface area contributed by atoms with E-state index in [2.05, 4.69) is 15.5 Å². The van der Waals surface area contributed by atoms with E-state index >= 15 is 0 Å². The molecule has 0 aliphatic carbocycles. The second kappa shape index (κ2) is 13.3. The van der Waals surface area contributed by atoms with Crippen LogP contribution in [0.25, 0.3) is 0 Å². The highest BCUT2D eigenvalue weighted by atomic mass is 35.5. The highest BCUT2D eigenvalue weighted by molar-refractivity contribution is 5.85. The summed E-state index contributed by atoms with van der Waals surface area (Å²) in [6.45, 7) is 5.83. The molecule has 0 radical (unpaired) electrons. The smallest absolute Gasteiger partial charge is 0.234 e. The summed E-state index contributed by atoms with van der Waals surface area (Å²) < 4.78 is 10.5. The lowest BCUT2D eigenvalue weighted by Crippen LogP contribution is -2.47. The van der Waals surface area contributed by atoms with E-state index in [0.29, 0.717) is 26.3 Å².